The Balaban J connectivity index is 1.75. The highest BCUT2D eigenvalue weighted by Gasteiger charge is 2.25. The van der Waals surface area contributed by atoms with E-state index in [1.54, 1.807) is 0 Å². The van der Waals surface area contributed by atoms with E-state index in [-0.39, 0.29) is 11.6 Å². The molecule has 0 bridgehead atoms. The Bertz CT molecular complexity index is 2140. The summed E-state index contributed by atoms with van der Waals surface area (Å²) in [5.74, 6) is -0.548. The Labute approximate surface area is 254 Å². The molecule has 2 heteroatoms. The standard InChI is InChI=1S/C42H26F2/c43-31-23-19-29(20-24-31)39-35-17-9-10-18-36(35)40(30-21-25-32(44)26-22-30)42-38(28-13-5-2-6-14-28)34-16-8-7-15-33(34)37(41(39)42)27-11-3-1-4-12-27/h1-26H. The summed E-state index contributed by atoms with van der Waals surface area (Å²) in [6, 6.07) is 51.6. The summed E-state index contributed by atoms with van der Waals surface area (Å²) in [7, 11) is 0. The van der Waals surface area contributed by atoms with Gasteiger partial charge in [-0.1, -0.05) is 133 Å². The third-order valence-electron chi connectivity index (χ3n) is 8.57. The van der Waals surface area contributed by atoms with Gasteiger partial charge in [-0.25, -0.2) is 8.78 Å². The summed E-state index contributed by atoms with van der Waals surface area (Å²) in [6.45, 7) is 0. The van der Waals surface area contributed by atoms with Gasteiger partial charge in [0.1, 0.15) is 11.6 Å². The van der Waals surface area contributed by atoms with Crippen molar-refractivity contribution in [3.63, 3.8) is 0 Å². The van der Waals surface area contributed by atoms with Crippen molar-refractivity contribution in [3.05, 3.63) is 169 Å². The lowest BCUT2D eigenvalue weighted by Gasteiger charge is -2.25. The predicted octanol–water partition coefficient (Wildman–Crippen LogP) is 12.1. The van der Waals surface area contributed by atoms with Crippen molar-refractivity contribution >= 4 is 32.3 Å². The molecule has 0 amide bonds. The first-order valence-corrected chi connectivity index (χ1v) is 14.7. The average Bonchev–Trinajstić information content (AvgIpc) is 3.08. The molecule has 0 heterocycles. The van der Waals surface area contributed by atoms with Gasteiger partial charge in [0.2, 0.25) is 0 Å². The minimum atomic E-state index is -0.274. The van der Waals surface area contributed by atoms with E-state index >= 15 is 0 Å². The van der Waals surface area contributed by atoms with E-state index in [4.69, 9.17) is 0 Å². The maximum Gasteiger partial charge on any atom is 0.123 e. The van der Waals surface area contributed by atoms with E-state index in [0.717, 1.165) is 76.8 Å². The van der Waals surface area contributed by atoms with Crippen LogP contribution >= 0.6 is 0 Å². The molecule has 8 aromatic carbocycles. The van der Waals surface area contributed by atoms with Crippen LogP contribution in [0.15, 0.2) is 158 Å². The molecule has 0 saturated carbocycles. The van der Waals surface area contributed by atoms with Crippen molar-refractivity contribution in [1.82, 2.24) is 0 Å². The molecular formula is C42H26F2. The Kier molecular flexibility index (Phi) is 6.27. The van der Waals surface area contributed by atoms with Gasteiger partial charge in [0.05, 0.1) is 0 Å². The second-order valence-electron chi connectivity index (χ2n) is 11.1. The highest BCUT2D eigenvalue weighted by atomic mass is 19.1. The zero-order valence-electron chi connectivity index (χ0n) is 23.8. The van der Waals surface area contributed by atoms with Crippen LogP contribution in [0.2, 0.25) is 0 Å². The van der Waals surface area contributed by atoms with Crippen LogP contribution in [0.4, 0.5) is 8.78 Å². The molecule has 0 nitrogen and oxygen atoms in total. The summed E-state index contributed by atoms with van der Waals surface area (Å²) in [4.78, 5) is 0. The number of halogens is 2. The van der Waals surface area contributed by atoms with Gasteiger partial charge in [-0.15, -0.1) is 0 Å². The van der Waals surface area contributed by atoms with Crippen LogP contribution in [0, 0.1) is 11.6 Å². The Morgan fingerprint density at radius 1 is 0.250 bits per heavy atom. The molecular weight excluding hydrogens is 542 g/mol. The van der Waals surface area contributed by atoms with Gasteiger partial charge < -0.3 is 0 Å². The molecule has 0 saturated heterocycles. The van der Waals surface area contributed by atoms with Gasteiger partial charge in [-0.3, -0.25) is 0 Å². The fraction of sp³-hybridized carbons (Fsp3) is 0. The third kappa shape index (κ3) is 4.19. The third-order valence-corrected chi connectivity index (χ3v) is 8.57. The molecule has 208 valence electrons. The first-order valence-electron chi connectivity index (χ1n) is 14.7. The normalized spacial score (nSPS) is 11.4. The number of rotatable bonds is 4. The van der Waals surface area contributed by atoms with Crippen LogP contribution < -0.4 is 0 Å². The van der Waals surface area contributed by atoms with E-state index in [1.807, 2.05) is 36.4 Å². The maximum absolute atomic E-state index is 14.4. The lowest BCUT2D eigenvalue weighted by Crippen LogP contribution is -1.97. The number of benzene rings is 8. The predicted molar refractivity (Wildman–Crippen MR) is 181 cm³/mol. The van der Waals surface area contributed by atoms with Gasteiger partial charge in [-0.05, 0) is 101 Å². The Hall–Kier alpha value is -5.60. The smallest absolute Gasteiger partial charge is 0.123 e. The summed E-state index contributed by atoms with van der Waals surface area (Å²) < 4.78 is 28.7. The molecule has 0 fully saturated rings. The maximum atomic E-state index is 14.4. The van der Waals surface area contributed by atoms with E-state index in [2.05, 4.69) is 97.1 Å². The molecule has 0 aliphatic heterocycles. The molecule has 0 unspecified atom stereocenters. The number of hydrogen-bond donors (Lipinski definition) is 0. The van der Waals surface area contributed by atoms with Crippen LogP contribution in [0.1, 0.15) is 0 Å². The van der Waals surface area contributed by atoms with Gasteiger partial charge in [0, 0.05) is 0 Å². The van der Waals surface area contributed by atoms with Crippen molar-refractivity contribution in [3.8, 4) is 44.5 Å². The molecule has 0 spiro atoms. The largest absolute Gasteiger partial charge is 0.207 e. The fourth-order valence-electron chi connectivity index (χ4n) is 6.77. The molecule has 8 rings (SSSR count). The van der Waals surface area contributed by atoms with Crippen molar-refractivity contribution in [2.24, 2.45) is 0 Å². The zero-order valence-corrected chi connectivity index (χ0v) is 23.8. The quantitative estimate of drug-likeness (QED) is 0.185. The summed E-state index contributed by atoms with van der Waals surface area (Å²) >= 11 is 0. The molecule has 44 heavy (non-hydrogen) atoms. The van der Waals surface area contributed by atoms with Gasteiger partial charge in [0.25, 0.3) is 0 Å². The first kappa shape index (κ1) is 26.1. The number of hydrogen-bond acceptors (Lipinski definition) is 0. The molecule has 0 radical (unpaired) electrons. The fourth-order valence-corrected chi connectivity index (χ4v) is 6.77. The van der Waals surface area contributed by atoms with Crippen molar-refractivity contribution in [2.75, 3.05) is 0 Å². The SMILES string of the molecule is Fc1ccc(-c2c3ccccc3c(-c3ccc(F)cc3)c3c(-c4ccccc4)c4ccccc4c(-c4ccccc4)c23)cc1. The minimum Gasteiger partial charge on any atom is -0.207 e. The highest BCUT2D eigenvalue weighted by molar-refractivity contribution is 6.33. The van der Waals surface area contributed by atoms with E-state index < -0.39 is 0 Å². The van der Waals surface area contributed by atoms with Crippen LogP contribution in [0.25, 0.3) is 76.8 Å². The van der Waals surface area contributed by atoms with Crippen LogP contribution in [0.3, 0.4) is 0 Å². The molecule has 0 aliphatic rings. The molecule has 8 aromatic rings. The number of fused-ring (bicyclic) bond motifs is 3. The molecule has 0 N–H and O–H groups in total. The molecule has 0 aromatic heterocycles. The van der Waals surface area contributed by atoms with Crippen molar-refractivity contribution in [1.29, 1.82) is 0 Å². The van der Waals surface area contributed by atoms with E-state index in [0.29, 0.717) is 0 Å². The second kappa shape index (κ2) is 10.6. The summed E-state index contributed by atoms with van der Waals surface area (Å²) in [5.41, 5.74) is 8.38. The first-order chi connectivity index (χ1) is 21.7. The summed E-state index contributed by atoms with van der Waals surface area (Å²) in [6.07, 6.45) is 0. The van der Waals surface area contributed by atoms with Crippen LogP contribution in [-0.4, -0.2) is 0 Å². The van der Waals surface area contributed by atoms with Crippen LogP contribution in [-0.2, 0) is 0 Å². The Morgan fingerprint density at radius 3 is 0.795 bits per heavy atom. The van der Waals surface area contributed by atoms with Crippen molar-refractivity contribution < 1.29 is 8.78 Å². The Morgan fingerprint density at radius 2 is 0.500 bits per heavy atom. The zero-order chi connectivity index (χ0) is 29.6. The topological polar surface area (TPSA) is 0 Å². The van der Waals surface area contributed by atoms with Gasteiger partial charge in [0.15, 0.2) is 0 Å². The van der Waals surface area contributed by atoms with Gasteiger partial charge in [-0.2, -0.15) is 0 Å². The lowest BCUT2D eigenvalue weighted by atomic mass is 9.77. The minimum absolute atomic E-state index is 0.274. The summed E-state index contributed by atoms with van der Waals surface area (Å²) in [5, 5.41) is 6.54. The highest BCUT2D eigenvalue weighted by Crippen LogP contribution is 2.53. The molecule has 0 atom stereocenters. The van der Waals surface area contributed by atoms with Crippen LogP contribution in [0.5, 0.6) is 0 Å². The second-order valence-corrected chi connectivity index (χ2v) is 11.1. The van der Waals surface area contributed by atoms with Gasteiger partial charge >= 0.3 is 0 Å². The lowest BCUT2D eigenvalue weighted by molar-refractivity contribution is 0.627. The van der Waals surface area contributed by atoms with Crippen molar-refractivity contribution in [2.45, 2.75) is 0 Å². The molecule has 0 aliphatic carbocycles. The van der Waals surface area contributed by atoms with E-state index in [9.17, 15) is 8.78 Å². The monoisotopic (exact) mass is 568 g/mol. The average molecular weight is 569 g/mol. The van der Waals surface area contributed by atoms with E-state index in [1.165, 1.54) is 24.3 Å².